The highest BCUT2D eigenvalue weighted by molar-refractivity contribution is 5.79. The molecule has 1 aliphatic carbocycles. The number of amides is 1. The van der Waals surface area contributed by atoms with E-state index in [1.807, 2.05) is 19.0 Å². The van der Waals surface area contributed by atoms with E-state index in [4.69, 9.17) is 0 Å². The van der Waals surface area contributed by atoms with Crippen LogP contribution in [-0.2, 0) is 4.79 Å². The minimum absolute atomic E-state index is 0.209. The van der Waals surface area contributed by atoms with Gasteiger partial charge in [0.15, 0.2) is 0 Å². The lowest BCUT2D eigenvalue weighted by atomic mass is 10.3. The first-order valence-electron chi connectivity index (χ1n) is 7.74. The van der Waals surface area contributed by atoms with E-state index >= 15 is 0 Å². The molecule has 0 spiro atoms. The Morgan fingerprint density at radius 2 is 2.10 bits per heavy atom. The molecule has 0 radical (unpaired) electrons. The Morgan fingerprint density at radius 3 is 2.75 bits per heavy atom. The molecule has 1 fully saturated rings. The van der Waals surface area contributed by atoms with Gasteiger partial charge in [0.25, 0.3) is 0 Å². The molecule has 0 aromatic rings. The third-order valence-electron chi connectivity index (χ3n) is 4.23. The zero-order valence-electron chi connectivity index (χ0n) is 12.9. The van der Waals surface area contributed by atoms with Crippen molar-refractivity contribution in [3.05, 3.63) is 11.8 Å². The lowest BCUT2D eigenvalue weighted by Crippen LogP contribution is -2.46. The fourth-order valence-corrected chi connectivity index (χ4v) is 2.78. The van der Waals surface area contributed by atoms with Crippen LogP contribution >= 0.6 is 0 Å². The molecule has 20 heavy (non-hydrogen) atoms. The Hall–Kier alpha value is -0.910. The van der Waals surface area contributed by atoms with Gasteiger partial charge in [0.05, 0.1) is 6.54 Å². The second kappa shape index (κ2) is 7.76. The quantitative estimate of drug-likeness (QED) is 0.762. The molecule has 1 aliphatic heterocycles. The number of hydrogen-bond donors (Lipinski definition) is 1. The standard InChI is InChI=1S/C15H28N4O/c1-17(11-12-19-9-7-16-8-10-19)13-15(20)18(2)14-5-3-4-6-14/h5,16H,3-4,6-13H2,1-2H3. The number of piperazine rings is 1. The van der Waals surface area contributed by atoms with Crippen molar-refractivity contribution >= 4 is 5.91 Å². The maximum Gasteiger partial charge on any atom is 0.240 e. The monoisotopic (exact) mass is 280 g/mol. The van der Waals surface area contributed by atoms with E-state index in [2.05, 4.69) is 21.2 Å². The summed E-state index contributed by atoms with van der Waals surface area (Å²) < 4.78 is 0. The molecule has 0 saturated carbocycles. The van der Waals surface area contributed by atoms with Crippen LogP contribution in [0.3, 0.4) is 0 Å². The molecule has 1 amide bonds. The van der Waals surface area contributed by atoms with E-state index in [0.717, 1.165) is 52.1 Å². The van der Waals surface area contributed by atoms with Gasteiger partial charge >= 0.3 is 0 Å². The number of nitrogens with zero attached hydrogens (tertiary/aromatic N) is 3. The summed E-state index contributed by atoms with van der Waals surface area (Å²) in [5.74, 6) is 0.209. The summed E-state index contributed by atoms with van der Waals surface area (Å²) in [6.07, 6.45) is 5.54. The minimum Gasteiger partial charge on any atom is -0.318 e. The van der Waals surface area contributed by atoms with Gasteiger partial charge in [-0.15, -0.1) is 0 Å². The largest absolute Gasteiger partial charge is 0.318 e. The molecule has 0 unspecified atom stereocenters. The minimum atomic E-state index is 0.209. The van der Waals surface area contributed by atoms with Gasteiger partial charge in [-0.05, 0) is 26.3 Å². The van der Waals surface area contributed by atoms with E-state index in [0.29, 0.717) is 6.54 Å². The molecule has 0 aromatic heterocycles. The highest BCUT2D eigenvalue weighted by Crippen LogP contribution is 2.20. The second-order valence-corrected chi connectivity index (χ2v) is 5.87. The van der Waals surface area contributed by atoms with Gasteiger partial charge in [-0.25, -0.2) is 0 Å². The number of carbonyl (C=O) groups excluding carboxylic acids is 1. The van der Waals surface area contributed by atoms with Crippen LogP contribution in [0.5, 0.6) is 0 Å². The van der Waals surface area contributed by atoms with Crippen LogP contribution in [-0.4, -0.2) is 80.5 Å². The highest BCUT2D eigenvalue weighted by Gasteiger charge is 2.18. The maximum absolute atomic E-state index is 12.2. The number of allylic oxidation sites excluding steroid dienone is 2. The smallest absolute Gasteiger partial charge is 0.240 e. The fourth-order valence-electron chi connectivity index (χ4n) is 2.78. The first kappa shape index (κ1) is 15.5. The molecule has 0 atom stereocenters. The van der Waals surface area contributed by atoms with Crippen molar-refractivity contribution in [1.29, 1.82) is 0 Å². The first-order valence-corrected chi connectivity index (χ1v) is 7.74. The van der Waals surface area contributed by atoms with Crippen LogP contribution in [0.2, 0.25) is 0 Å². The normalized spacial score (nSPS) is 20.2. The topological polar surface area (TPSA) is 38.8 Å². The number of rotatable bonds is 6. The number of nitrogens with one attached hydrogen (secondary N) is 1. The summed E-state index contributed by atoms with van der Waals surface area (Å²) in [6, 6.07) is 0. The molecule has 5 heteroatoms. The van der Waals surface area contributed by atoms with Gasteiger partial charge < -0.3 is 10.2 Å². The van der Waals surface area contributed by atoms with E-state index in [-0.39, 0.29) is 5.91 Å². The zero-order chi connectivity index (χ0) is 14.4. The molecular weight excluding hydrogens is 252 g/mol. The molecule has 2 aliphatic rings. The first-order chi connectivity index (χ1) is 9.66. The lowest BCUT2D eigenvalue weighted by Gasteiger charge is -2.29. The van der Waals surface area contributed by atoms with Crippen molar-refractivity contribution < 1.29 is 4.79 Å². The maximum atomic E-state index is 12.2. The molecular formula is C15H28N4O. The predicted octanol–water partition coefficient (Wildman–Crippen LogP) is 0.350. The molecule has 1 heterocycles. The van der Waals surface area contributed by atoms with Gasteiger partial charge in [0.1, 0.15) is 0 Å². The van der Waals surface area contributed by atoms with Crippen molar-refractivity contribution in [2.24, 2.45) is 0 Å². The number of hydrogen-bond acceptors (Lipinski definition) is 4. The van der Waals surface area contributed by atoms with Crippen molar-refractivity contribution in [3.63, 3.8) is 0 Å². The van der Waals surface area contributed by atoms with Gasteiger partial charge in [-0.3, -0.25) is 14.6 Å². The van der Waals surface area contributed by atoms with Crippen molar-refractivity contribution in [2.45, 2.75) is 19.3 Å². The fraction of sp³-hybridized carbons (Fsp3) is 0.800. The molecule has 0 aromatic carbocycles. The molecule has 114 valence electrons. The van der Waals surface area contributed by atoms with E-state index in [1.165, 1.54) is 12.1 Å². The molecule has 1 saturated heterocycles. The van der Waals surface area contributed by atoms with Crippen LogP contribution in [0.15, 0.2) is 11.8 Å². The lowest BCUT2D eigenvalue weighted by molar-refractivity contribution is -0.129. The third-order valence-corrected chi connectivity index (χ3v) is 4.23. The predicted molar refractivity (Wildman–Crippen MR) is 81.5 cm³/mol. The van der Waals surface area contributed by atoms with Crippen molar-refractivity contribution in [3.8, 4) is 0 Å². The Morgan fingerprint density at radius 1 is 1.35 bits per heavy atom. The summed E-state index contributed by atoms with van der Waals surface area (Å²) in [4.78, 5) is 18.6. The number of likely N-dealkylation sites (N-methyl/N-ethyl adjacent to an activating group) is 2. The Labute approximate surface area is 122 Å². The van der Waals surface area contributed by atoms with Gasteiger partial charge in [0, 0.05) is 52.0 Å². The van der Waals surface area contributed by atoms with E-state index in [1.54, 1.807) is 0 Å². The van der Waals surface area contributed by atoms with Crippen LogP contribution in [0.1, 0.15) is 19.3 Å². The Bertz CT molecular complexity index is 350. The Kier molecular flexibility index (Phi) is 6.01. The highest BCUT2D eigenvalue weighted by atomic mass is 16.2. The third kappa shape index (κ3) is 4.58. The van der Waals surface area contributed by atoms with E-state index < -0.39 is 0 Å². The van der Waals surface area contributed by atoms with Crippen LogP contribution in [0.4, 0.5) is 0 Å². The van der Waals surface area contributed by atoms with Crippen LogP contribution in [0, 0.1) is 0 Å². The SMILES string of the molecule is CN(CCN1CCNCC1)CC(=O)N(C)C1=CCCC1. The summed E-state index contributed by atoms with van der Waals surface area (Å²) in [5.41, 5.74) is 1.20. The average Bonchev–Trinajstić information content (AvgIpc) is 2.99. The molecule has 0 bridgehead atoms. The van der Waals surface area contributed by atoms with Crippen molar-refractivity contribution in [1.82, 2.24) is 20.0 Å². The summed E-state index contributed by atoms with van der Waals surface area (Å²) in [7, 11) is 3.95. The van der Waals surface area contributed by atoms with Crippen molar-refractivity contribution in [2.75, 3.05) is 59.9 Å². The summed E-state index contributed by atoms with van der Waals surface area (Å²) >= 11 is 0. The van der Waals surface area contributed by atoms with Gasteiger partial charge in [-0.1, -0.05) is 6.08 Å². The van der Waals surface area contributed by atoms with Gasteiger partial charge in [0.2, 0.25) is 5.91 Å². The molecule has 1 N–H and O–H groups in total. The summed E-state index contributed by atoms with van der Waals surface area (Å²) in [5, 5.41) is 3.36. The van der Waals surface area contributed by atoms with Crippen LogP contribution in [0.25, 0.3) is 0 Å². The number of carbonyl (C=O) groups is 1. The average molecular weight is 280 g/mol. The van der Waals surface area contributed by atoms with Gasteiger partial charge in [-0.2, -0.15) is 0 Å². The summed E-state index contributed by atoms with van der Waals surface area (Å²) in [6.45, 7) is 6.93. The van der Waals surface area contributed by atoms with Crippen LogP contribution < -0.4 is 5.32 Å². The Balaban J connectivity index is 1.67. The second-order valence-electron chi connectivity index (χ2n) is 5.87. The molecule has 5 nitrogen and oxygen atoms in total. The van der Waals surface area contributed by atoms with E-state index in [9.17, 15) is 4.79 Å². The zero-order valence-corrected chi connectivity index (χ0v) is 12.9. The molecule has 2 rings (SSSR count).